The molecule has 0 spiro atoms. The van der Waals surface area contributed by atoms with E-state index in [2.05, 4.69) is 26.5 Å². The van der Waals surface area contributed by atoms with Crippen LogP contribution in [-0.2, 0) is 23.6 Å². The van der Waals surface area contributed by atoms with E-state index in [0.717, 1.165) is 43.9 Å². The molecule has 1 N–H and O–H groups in total. The Morgan fingerprint density at radius 2 is 1.93 bits per heavy atom. The van der Waals surface area contributed by atoms with Crippen LogP contribution in [0.5, 0.6) is 0 Å². The highest BCUT2D eigenvalue weighted by molar-refractivity contribution is 7.89. The van der Waals surface area contributed by atoms with Crippen molar-refractivity contribution in [3.63, 3.8) is 0 Å². The van der Waals surface area contributed by atoms with Crippen molar-refractivity contribution in [1.29, 1.82) is 0 Å². The average molecular weight is 431 g/mol. The van der Waals surface area contributed by atoms with Crippen LogP contribution in [0, 0.1) is 0 Å². The number of aliphatic imine (C=N–C) groups is 1. The Morgan fingerprint density at radius 1 is 1.20 bits per heavy atom. The zero-order valence-electron chi connectivity index (χ0n) is 17.7. The van der Waals surface area contributed by atoms with Gasteiger partial charge in [0.15, 0.2) is 5.96 Å². The third-order valence-corrected chi connectivity index (χ3v) is 7.89. The van der Waals surface area contributed by atoms with Crippen LogP contribution in [0.25, 0.3) is 0 Å². The lowest BCUT2D eigenvalue weighted by Gasteiger charge is -2.22. The molecule has 0 amide bonds. The molecule has 2 saturated heterocycles. The Bertz CT molecular complexity index is 993. The lowest BCUT2D eigenvalue weighted by Crippen LogP contribution is -2.39. The number of aromatic nitrogens is 2. The third kappa shape index (κ3) is 4.37. The van der Waals surface area contributed by atoms with E-state index in [4.69, 9.17) is 0 Å². The average Bonchev–Trinajstić information content (AvgIpc) is 3.51. The first-order valence-electron chi connectivity index (χ1n) is 10.5. The van der Waals surface area contributed by atoms with E-state index in [1.165, 1.54) is 5.56 Å². The number of nitrogens with one attached hydrogen (secondary N) is 1. The van der Waals surface area contributed by atoms with Gasteiger partial charge in [0.25, 0.3) is 0 Å². The van der Waals surface area contributed by atoms with Crippen LogP contribution in [0.2, 0.25) is 0 Å². The van der Waals surface area contributed by atoms with Crippen LogP contribution in [0.15, 0.2) is 46.5 Å². The minimum atomic E-state index is -3.36. The molecule has 9 heteroatoms. The Hall–Kier alpha value is -2.39. The summed E-state index contributed by atoms with van der Waals surface area (Å²) in [6.45, 7) is 3.71. The molecule has 30 heavy (non-hydrogen) atoms. The van der Waals surface area contributed by atoms with Gasteiger partial charge < -0.3 is 10.2 Å². The maximum Gasteiger partial charge on any atom is 0.243 e. The van der Waals surface area contributed by atoms with Gasteiger partial charge in [0.05, 0.1) is 11.1 Å². The predicted molar refractivity (Wildman–Crippen MR) is 117 cm³/mol. The van der Waals surface area contributed by atoms with Gasteiger partial charge in [-0.05, 0) is 42.5 Å². The number of rotatable bonds is 5. The zero-order valence-corrected chi connectivity index (χ0v) is 18.5. The molecule has 8 nitrogen and oxygen atoms in total. The van der Waals surface area contributed by atoms with Crippen molar-refractivity contribution in [2.45, 2.75) is 36.6 Å². The van der Waals surface area contributed by atoms with Gasteiger partial charge in [-0.1, -0.05) is 12.1 Å². The number of hydrogen-bond acceptors (Lipinski definition) is 4. The molecule has 2 aliphatic rings. The molecule has 0 radical (unpaired) electrons. The third-order valence-electron chi connectivity index (χ3n) is 5.97. The van der Waals surface area contributed by atoms with Crippen LogP contribution in [0.4, 0.5) is 0 Å². The highest BCUT2D eigenvalue weighted by Gasteiger charge is 2.28. The topological polar surface area (TPSA) is 82.8 Å². The van der Waals surface area contributed by atoms with E-state index in [0.29, 0.717) is 30.4 Å². The molecule has 2 fully saturated rings. The molecule has 3 heterocycles. The summed E-state index contributed by atoms with van der Waals surface area (Å²) in [5.41, 5.74) is 2.30. The first kappa shape index (κ1) is 20.9. The van der Waals surface area contributed by atoms with Crippen molar-refractivity contribution in [1.82, 2.24) is 24.3 Å². The van der Waals surface area contributed by atoms with Crippen molar-refractivity contribution in [3.8, 4) is 0 Å². The molecule has 2 aromatic rings. The maximum absolute atomic E-state index is 12.7. The second kappa shape index (κ2) is 8.77. The summed E-state index contributed by atoms with van der Waals surface area (Å²) in [5.74, 6) is 1.34. The highest BCUT2D eigenvalue weighted by atomic mass is 32.2. The lowest BCUT2D eigenvalue weighted by molar-refractivity contribution is 0.477. The number of sulfonamides is 1. The number of benzene rings is 1. The summed E-state index contributed by atoms with van der Waals surface area (Å²) in [6.07, 6.45) is 7.00. The summed E-state index contributed by atoms with van der Waals surface area (Å²) in [7, 11) is 0.379. The van der Waals surface area contributed by atoms with E-state index in [1.807, 2.05) is 30.1 Å². The van der Waals surface area contributed by atoms with Crippen LogP contribution in [0.1, 0.15) is 36.3 Å². The second-order valence-corrected chi connectivity index (χ2v) is 9.97. The number of likely N-dealkylation sites (tertiary alicyclic amines) is 1. The maximum atomic E-state index is 12.7. The molecule has 1 atom stereocenters. The molecular weight excluding hydrogens is 400 g/mol. The number of hydrogen-bond donors (Lipinski definition) is 1. The summed E-state index contributed by atoms with van der Waals surface area (Å²) >= 11 is 0. The summed E-state index contributed by atoms with van der Waals surface area (Å²) in [6, 6.07) is 7.18. The smallest absolute Gasteiger partial charge is 0.243 e. The number of aryl methyl sites for hydroxylation is 1. The van der Waals surface area contributed by atoms with Crippen LogP contribution in [0.3, 0.4) is 0 Å². The molecular formula is C21H30N6O2S. The highest BCUT2D eigenvalue weighted by Crippen LogP contribution is 2.26. The van der Waals surface area contributed by atoms with Gasteiger partial charge in [-0.3, -0.25) is 9.67 Å². The quantitative estimate of drug-likeness (QED) is 0.577. The molecule has 0 bridgehead atoms. The molecule has 162 valence electrons. The van der Waals surface area contributed by atoms with Crippen LogP contribution in [-0.4, -0.2) is 66.6 Å². The van der Waals surface area contributed by atoms with E-state index < -0.39 is 10.0 Å². The van der Waals surface area contributed by atoms with Gasteiger partial charge in [-0.25, -0.2) is 8.42 Å². The van der Waals surface area contributed by atoms with E-state index in [-0.39, 0.29) is 0 Å². The Balaban J connectivity index is 1.34. The fraction of sp³-hybridized carbons (Fsp3) is 0.524. The van der Waals surface area contributed by atoms with Gasteiger partial charge in [0, 0.05) is 58.9 Å². The SMILES string of the molecule is CN=C(NCc1ccc(S(=O)(=O)N2CCCC2)cc1)N1CCC(c2cnn(C)c2)C1. The van der Waals surface area contributed by atoms with Gasteiger partial charge in [-0.15, -0.1) is 0 Å². The number of guanidine groups is 1. The molecule has 0 aliphatic carbocycles. The van der Waals surface area contributed by atoms with Gasteiger partial charge >= 0.3 is 0 Å². The Labute approximate surface area is 178 Å². The molecule has 1 unspecified atom stereocenters. The molecule has 2 aliphatic heterocycles. The second-order valence-electron chi connectivity index (χ2n) is 8.03. The summed E-state index contributed by atoms with van der Waals surface area (Å²) < 4.78 is 28.7. The first-order valence-corrected chi connectivity index (χ1v) is 11.9. The van der Waals surface area contributed by atoms with Gasteiger partial charge in [0.1, 0.15) is 0 Å². The van der Waals surface area contributed by atoms with Crippen LogP contribution >= 0.6 is 0 Å². The van der Waals surface area contributed by atoms with E-state index in [9.17, 15) is 8.42 Å². The van der Waals surface area contributed by atoms with Crippen molar-refractivity contribution in [2.75, 3.05) is 33.2 Å². The van der Waals surface area contributed by atoms with E-state index in [1.54, 1.807) is 23.5 Å². The van der Waals surface area contributed by atoms with E-state index >= 15 is 0 Å². The minimum absolute atomic E-state index is 0.372. The molecule has 1 aromatic heterocycles. The summed E-state index contributed by atoms with van der Waals surface area (Å²) in [4.78, 5) is 7.08. The van der Waals surface area contributed by atoms with Crippen molar-refractivity contribution in [2.24, 2.45) is 12.0 Å². The number of nitrogens with zero attached hydrogens (tertiary/aromatic N) is 5. The molecule has 1 aromatic carbocycles. The van der Waals surface area contributed by atoms with Crippen molar-refractivity contribution < 1.29 is 8.42 Å². The Morgan fingerprint density at radius 3 is 2.57 bits per heavy atom. The van der Waals surface area contributed by atoms with Crippen molar-refractivity contribution in [3.05, 3.63) is 47.8 Å². The lowest BCUT2D eigenvalue weighted by atomic mass is 10.0. The van der Waals surface area contributed by atoms with Crippen molar-refractivity contribution >= 4 is 16.0 Å². The first-order chi connectivity index (χ1) is 14.5. The van der Waals surface area contributed by atoms with Gasteiger partial charge in [0.2, 0.25) is 10.0 Å². The molecule has 4 rings (SSSR count). The fourth-order valence-corrected chi connectivity index (χ4v) is 5.76. The minimum Gasteiger partial charge on any atom is -0.352 e. The molecule has 0 saturated carbocycles. The zero-order chi connectivity index (χ0) is 21.1. The predicted octanol–water partition coefficient (Wildman–Crippen LogP) is 1.77. The monoisotopic (exact) mass is 430 g/mol. The standard InChI is InChI=1S/C21H30N6O2S/c1-22-21(26-12-9-18(16-26)19-14-24-25(2)15-19)23-13-17-5-7-20(8-6-17)30(28,29)27-10-3-4-11-27/h5-8,14-15,18H,3-4,9-13,16H2,1-2H3,(H,22,23). The summed E-state index contributed by atoms with van der Waals surface area (Å²) in [5, 5.41) is 7.70. The fourth-order valence-electron chi connectivity index (χ4n) is 4.25. The van der Waals surface area contributed by atoms with Gasteiger partial charge in [-0.2, -0.15) is 9.40 Å². The Kier molecular flexibility index (Phi) is 6.10. The van der Waals surface area contributed by atoms with Crippen LogP contribution < -0.4 is 5.32 Å². The largest absolute Gasteiger partial charge is 0.352 e. The normalized spacial score (nSPS) is 20.8.